The monoisotopic (exact) mass is 278 g/mol. The predicted octanol–water partition coefficient (Wildman–Crippen LogP) is 2.98. The molecule has 0 aliphatic heterocycles. The largest absolute Gasteiger partial charge is 0.416 e. The first kappa shape index (κ1) is 14.0. The Balaban J connectivity index is 1.98. The van der Waals surface area contributed by atoms with Gasteiger partial charge in [-0.2, -0.15) is 0 Å². The molecule has 0 aliphatic carbocycles. The van der Waals surface area contributed by atoms with E-state index >= 15 is 0 Å². The van der Waals surface area contributed by atoms with Crippen LogP contribution < -0.4 is 5.32 Å². The molecule has 2 rings (SSSR count). The average Bonchev–Trinajstić information content (AvgIpc) is 2.82. The molecule has 1 N–H and O–H groups in total. The molecule has 0 saturated heterocycles. The Labute approximate surface area is 117 Å². The summed E-state index contributed by atoms with van der Waals surface area (Å²) in [6.45, 7) is 7.05. The summed E-state index contributed by atoms with van der Waals surface area (Å²) in [4.78, 5) is 5.46. The van der Waals surface area contributed by atoms with Crippen LogP contribution in [0.3, 0.4) is 0 Å². The van der Waals surface area contributed by atoms with E-state index in [1.54, 1.807) is 6.92 Å². The zero-order chi connectivity index (χ0) is 13.7. The predicted molar refractivity (Wildman–Crippen MR) is 74.1 cm³/mol. The van der Waals surface area contributed by atoms with Gasteiger partial charge in [-0.15, -0.1) is 10.2 Å². The van der Waals surface area contributed by atoms with Gasteiger partial charge in [0, 0.05) is 24.1 Å². The molecule has 0 bridgehead atoms. The van der Waals surface area contributed by atoms with Gasteiger partial charge in [0.1, 0.15) is 0 Å². The molecule has 5 nitrogen and oxygen atoms in total. The van der Waals surface area contributed by atoms with Crippen LogP contribution in [0.5, 0.6) is 0 Å². The highest BCUT2D eigenvalue weighted by molar-refractivity contribution is 7.99. The molecule has 0 aromatic carbocycles. The highest BCUT2D eigenvalue weighted by Gasteiger charge is 2.08. The van der Waals surface area contributed by atoms with Crippen LogP contribution in [0.1, 0.15) is 37.9 Å². The van der Waals surface area contributed by atoms with Gasteiger partial charge < -0.3 is 9.73 Å². The number of aryl methyl sites for hydroxylation is 1. The summed E-state index contributed by atoms with van der Waals surface area (Å²) >= 11 is 1.42. The third-order valence-electron chi connectivity index (χ3n) is 2.62. The van der Waals surface area contributed by atoms with Gasteiger partial charge in [-0.05, 0) is 43.8 Å². The standard InChI is InChI=1S/C13H18N4OS/c1-4-7-14-9(2)12-6-5-11(8-15-12)19-13-17-16-10(3)18-13/h5-6,8-9,14H,4,7H2,1-3H3. The number of nitrogens with one attached hydrogen (secondary N) is 1. The van der Waals surface area contributed by atoms with Gasteiger partial charge in [0.2, 0.25) is 5.89 Å². The third-order valence-corrected chi connectivity index (χ3v) is 3.43. The van der Waals surface area contributed by atoms with Crippen LogP contribution in [0.4, 0.5) is 0 Å². The van der Waals surface area contributed by atoms with Crippen LogP contribution >= 0.6 is 11.8 Å². The van der Waals surface area contributed by atoms with E-state index in [0.717, 1.165) is 23.6 Å². The van der Waals surface area contributed by atoms with Crippen molar-refractivity contribution < 1.29 is 4.42 Å². The number of hydrogen-bond donors (Lipinski definition) is 1. The summed E-state index contributed by atoms with van der Waals surface area (Å²) in [6, 6.07) is 4.32. The lowest BCUT2D eigenvalue weighted by atomic mass is 10.2. The summed E-state index contributed by atoms with van der Waals surface area (Å²) < 4.78 is 5.32. The van der Waals surface area contributed by atoms with Crippen molar-refractivity contribution >= 4 is 11.8 Å². The molecule has 0 saturated carbocycles. The number of hydrogen-bond acceptors (Lipinski definition) is 6. The van der Waals surface area contributed by atoms with Crippen molar-refractivity contribution in [2.75, 3.05) is 6.54 Å². The SMILES string of the molecule is CCCNC(C)c1ccc(Sc2nnc(C)o2)cn1. The lowest BCUT2D eigenvalue weighted by molar-refractivity contribution is 0.429. The quantitative estimate of drug-likeness (QED) is 0.876. The molecule has 0 radical (unpaired) electrons. The minimum Gasteiger partial charge on any atom is -0.416 e. The van der Waals surface area contributed by atoms with E-state index < -0.39 is 0 Å². The summed E-state index contributed by atoms with van der Waals surface area (Å²) in [7, 11) is 0. The molecular weight excluding hydrogens is 260 g/mol. The second-order valence-electron chi connectivity index (χ2n) is 4.28. The minimum absolute atomic E-state index is 0.268. The van der Waals surface area contributed by atoms with E-state index in [-0.39, 0.29) is 6.04 Å². The van der Waals surface area contributed by atoms with Crippen molar-refractivity contribution in [3.05, 3.63) is 29.9 Å². The molecule has 0 fully saturated rings. The lowest BCUT2D eigenvalue weighted by Gasteiger charge is -2.12. The molecular formula is C13H18N4OS. The van der Waals surface area contributed by atoms with E-state index in [4.69, 9.17) is 4.42 Å². The normalized spacial score (nSPS) is 12.6. The van der Waals surface area contributed by atoms with E-state index in [1.807, 2.05) is 18.3 Å². The van der Waals surface area contributed by atoms with Gasteiger partial charge in [0.05, 0.1) is 5.69 Å². The second kappa shape index (κ2) is 6.68. The lowest BCUT2D eigenvalue weighted by Crippen LogP contribution is -2.20. The van der Waals surface area contributed by atoms with Gasteiger partial charge in [0.15, 0.2) is 0 Å². The molecule has 6 heteroatoms. The summed E-state index contributed by atoms with van der Waals surface area (Å²) in [5.74, 6) is 0.574. The maximum atomic E-state index is 5.32. The molecule has 2 aromatic heterocycles. The molecule has 102 valence electrons. The maximum Gasteiger partial charge on any atom is 0.281 e. The fourth-order valence-corrected chi connectivity index (χ4v) is 2.28. The van der Waals surface area contributed by atoms with Crippen LogP contribution in [0.15, 0.2) is 32.9 Å². The maximum absolute atomic E-state index is 5.32. The fourth-order valence-electron chi connectivity index (χ4n) is 1.59. The number of aromatic nitrogens is 3. The van der Waals surface area contributed by atoms with Crippen molar-refractivity contribution in [1.82, 2.24) is 20.5 Å². The molecule has 19 heavy (non-hydrogen) atoms. The van der Waals surface area contributed by atoms with Gasteiger partial charge in [-0.25, -0.2) is 0 Å². The van der Waals surface area contributed by atoms with Crippen molar-refractivity contribution in [2.24, 2.45) is 0 Å². The molecule has 2 heterocycles. The Morgan fingerprint density at radius 3 is 2.79 bits per heavy atom. The smallest absolute Gasteiger partial charge is 0.281 e. The van der Waals surface area contributed by atoms with Crippen molar-refractivity contribution in [3.8, 4) is 0 Å². The Morgan fingerprint density at radius 2 is 2.21 bits per heavy atom. The minimum atomic E-state index is 0.268. The van der Waals surface area contributed by atoms with Crippen LogP contribution in [0.2, 0.25) is 0 Å². The van der Waals surface area contributed by atoms with Crippen molar-refractivity contribution in [1.29, 1.82) is 0 Å². The highest BCUT2D eigenvalue weighted by atomic mass is 32.2. The molecule has 0 amide bonds. The zero-order valence-corrected chi connectivity index (χ0v) is 12.2. The Bertz CT molecular complexity index is 512. The second-order valence-corrected chi connectivity index (χ2v) is 5.31. The first-order chi connectivity index (χ1) is 9.19. The van der Waals surface area contributed by atoms with E-state index in [2.05, 4.69) is 34.3 Å². The Hall–Kier alpha value is -1.40. The van der Waals surface area contributed by atoms with E-state index in [1.165, 1.54) is 11.8 Å². The van der Waals surface area contributed by atoms with Gasteiger partial charge in [-0.1, -0.05) is 6.92 Å². The van der Waals surface area contributed by atoms with Crippen molar-refractivity contribution in [3.63, 3.8) is 0 Å². The Morgan fingerprint density at radius 1 is 1.37 bits per heavy atom. The topological polar surface area (TPSA) is 63.8 Å². The number of rotatable bonds is 6. The van der Waals surface area contributed by atoms with Gasteiger partial charge >= 0.3 is 0 Å². The average molecular weight is 278 g/mol. The van der Waals surface area contributed by atoms with Crippen molar-refractivity contribution in [2.45, 2.75) is 43.4 Å². The van der Waals surface area contributed by atoms with Crippen LogP contribution in [0, 0.1) is 6.92 Å². The summed E-state index contributed by atoms with van der Waals surface area (Å²) in [6.07, 6.45) is 2.96. The molecule has 0 spiro atoms. The van der Waals surface area contributed by atoms with Gasteiger partial charge in [-0.3, -0.25) is 4.98 Å². The third kappa shape index (κ3) is 4.04. The first-order valence-corrected chi connectivity index (χ1v) is 7.18. The van der Waals surface area contributed by atoms with Gasteiger partial charge in [0.25, 0.3) is 5.22 Å². The first-order valence-electron chi connectivity index (χ1n) is 6.36. The molecule has 1 atom stereocenters. The van der Waals surface area contributed by atoms with Crippen LogP contribution in [-0.4, -0.2) is 21.7 Å². The van der Waals surface area contributed by atoms with E-state index in [9.17, 15) is 0 Å². The van der Waals surface area contributed by atoms with Crippen LogP contribution in [-0.2, 0) is 0 Å². The number of pyridine rings is 1. The zero-order valence-electron chi connectivity index (χ0n) is 11.4. The molecule has 0 aliphatic rings. The highest BCUT2D eigenvalue weighted by Crippen LogP contribution is 2.26. The Kier molecular flexibility index (Phi) is 4.93. The molecule has 1 unspecified atom stereocenters. The fraction of sp³-hybridized carbons (Fsp3) is 0.462. The summed E-state index contributed by atoms with van der Waals surface area (Å²) in [5.41, 5.74) is 1.04. The molecule has 2 aromatic rings. The van der Waals surface area contributed by atoms with E-state index in [0.29, 0.717) is 11.1 Å². The summed E-state index contributed by atoms with van der Waals surface area (Å²) in [5, 5.41) is 11.7. The van der Waals surface area contributed by atoms with Crippen LogP contribution in [0.25, 0.3) is 0 Å². The number of nitrogens with zero attached hydrogens (tertiary/aromatic N) is 3.